The average Bonchev–Trinajstić information content (AvgIpc) is 2.91. The van der Waals surface area contributed by atoms with Gasteiger partial charge in [-0.2, -0.15) is 0 Å². The van der Waals surface area contributed by atoms with Crippen LogP contribution in [0.4, 0.5) is 0 Å². The minimum absolute atomic E-state index is 0.550. The highest BCUT2D eigenvalue weighted by atomic mass is 32.1. The Morgan fingerprint density at radius 2 is 2.37 bits per heavy atom. The Bertz CT molecular complexity index is 352. The predicted octanol–water partition coefficient (Wildman–Crippen LogP) is 3.05. The molecule has 0 amide bonds. The maximum Gasteiger partial charge on any atom is 0.0965 e. The van der Waals surface area contributed by atoms with Gasteiger partial charge in [0.05, 0.1) is 5.01 Å². The lowest BCUT2D eigenvalue weighted by Crippen LogP contribution is -2.38. The molecule has 0 aliphatic carbocycles. The molecule has 1 aromatic heterocycles. The number of piperidine rings is 1. The number of aromatic nitrogens is 1. The third-order valence-corrected chi connectivity index (χ3v) is 5.23. The Balaban J connectivity index is 1.70. The highest BCUT2D eigenvalue weighted by molar-refractivity contribution is 7.09. The molecule has 0 bridgehead atoms. The smallest absolute Gasteiger partial charge is 0.0965 e. The second-order valence-electron chi connectivity index (χ2n) is 5.95. The second-order valence-corrected chi connectivity index (χ2v) is 6.88. The van der Waals surface area contributed by atoms with E-state index in [0.29, 0.717) is 5.92 Å². The van der Waals surface area contributed by atoms with Crippen molar-refractivity contribution in [1.82, 2.24) is 14.8 Å². The molecule has 4 heteroatoms. The van der Waals surface area contributed by atoms with Crippen LogP contribution in [0, 0.1) is 0 Å². The van der Waals surface area contributed by atoms with E-state index in [9.17, 15) is 0 Å². The van der Waals surface area contributed by atoms with Crippen LogP contribution in [0.15, 0.2) is 11.6 Å². The van der Waals surface area contributed by atoms with Crippen LogP contribution in [-0.4, -0.2) is 54.6 Å². The fourth-order valence-corrected chi connectivity index (χ4v) is 3.68. The van der Waals surface area contributed by atoms with Crippen LogP contribution in [0.1, 0.15) is 43.5 Å². The van der Waals surface area contributed by atoms with Crippen LogP contribution >= 0.6 is 11.3 Å². The van der Waals surface area contributed by atoms with Crippen molar-refractivity contribution in [3.63, 3.8) is 0 Å². The van der Waals surface area contributed by atoms with Gasteiger partial charge in [-0.3, -0.25) is 0 Å². The number of hydrogen-bond acceptors (Lipinski definition) is 4. The molecule has 0 aromatic carbocycles. The lowest BCUT2D eigenvalue weighted by Gasteiger charge is -2.33. The zero-order chi connectivity index (χ0) is 13.7. The summed E-state index contributed by atoms with van der Waals surface area (Å²) in [5.41, 5.74) is 0. The van der Waals surface area contributed by atoms with E-state index >= 15 is 0 Å². The molecule has 2 atom stereocenters. The van der Waals surface area contributed by atoms with E-state index < -0.39 is 0 Å². The molecule has 0 radical (unpaired) electrons. The minimum atomic E-state index is 0.550. The molecule has 0 spiro atoms. The summed E-state index contributed by atoms with van der Waals surface area (Å²) in [6, 6.07) is 0.798. The van der Waals surface area contributed by atoms with Crippen molar-refractivity contribution >= 4 is 11.3 Å². The van der Waals surface area contributed by atoms with E-state index in [1.54, 1.807) is 11.3 Å². The van der Waals surface area contributed by atoms with Gasteiger partial charge in [0.15, 0.2) is 0 Å². The molecule has 1 aliphatic rings. The number of rotatable bonds is 6. The highest BCUT2D eigenvalue weighted by Gasteiger charge is 2.19. The summed E-state index contributed by atoms with van der Waals surface area (Å²) in [4.78, 5) is 9.42. The standard InChI is InChI=1S/C15H27N3S/c1-13(15-16-8-11-19-15)12-17(2)10-7-14-6-4-5-9-18(14)3/h8,11,13-14H,4-7,9-10,12H2,1-3H3/t13-,14-/m0/s1. The van der Waals surface area contributed by atoms with E-state index in [2.05, 4.69) is 41.2 Å². The molecule has 0 N–H and O–H groups in total. The van der Waals surface area contributed by atoms with Crippen LogP contribution in [0.3, 0.4) is 0 Å². The average molecular weight is 281 g/mol. The molecule has 2 rings (SSSR count). The molecular formula is C15H27N3S. The Kier molecular flexibility index (Phi) is 5.79. The molecule has 108 valence electrons. The van der Waals surface area contributed by atoms with Crippen LogP contribution in [-0.2, 0) is 0 Å². The van der Waals surface area contributed by atoms with Gasteiger partial charge in [-0.1, -0.05) is 13.3 Å². The quantitative estimate of drug-likeness (QED) is 0.799. The van der Waals surface area contributed by atoms with Crippen molar-refractivity contribution in [3.05, 3.63) is 16.6 Å². The summed E-state index contributed by atoms with van der Waals surface area (Å²) in [6.07, 6.45) is 7.38. The van der Waals surface area contributed by atoms with Gasteiger partial charge in [-0.15, -0.1) is 11.3 Å². The summed E-state index contributed by atoms with van der Waals surface area (Å²) in [6.45, 7) is 5.88. The van der Waals surface area contributed by atoms with Gasteiger partial charge in [0.25, 0.3) is 0 Å². The van der Waals surface area contributed by atoms with Crippen molar-refractivity contribution in [2.75, 3.05) is 33.7 Å². The molecule has 2 heterocycles. The van der Waals surface area contributed by atoms with E-state index in [0.717, 1.165) is 12.6 Å². The SMILES string of the molecule is C[C@@H](CN(C)CC[C@@H]1CCCCN1C)c1nccs1. The summed E-state index contributed by atoms with van der Waals surface area (Å²) in [5, 5.41) is 3.34. The van der Waals surface area contributed by atoms with Gasteiger partial charge in [-0.05, 0) is 46.4 Å². The Hall–Kier alpha value is -0.450. The maximum atomic E-state index is 4.41. The molecular weight excluding hydrogens is 254 g/mol. The van der Waals surface area contributed by atoms with Crippen molar-refractivity contribution < 1.29 is 0 Å². The fourth-order valence-electron chi connectivity index (χ4n) is 2.99. The second kappa shape index (κ2) is 7.36. The number of likely N-dealkylation sites (tertiary alicyclic amines) is 1. The van der Waals surface area contributed by atoms with Crippen LogP contribution in [0.5, 0.6) is 0 Å². The Labute approximate surface area is 121 Å². The first kappa shape index (κ1) is 14.9. The first-order valence-electron chi connectivity index (χ1n) is 7.45. The lowest BCUT2D eigenvalue weighted by atomic mass is 10.00. The normalized spacial score (nSPS) is 22.8. The summed E-state index contributed by atoms with van der Waals surface area (Å²) in [7, 11) is 4.52. The number of nitrogens with zero attached hydrogens (tertiary/aromatic N) is 3. The maximum absolute atomic E-state index is 4.41. The Morgan fingerprint density at radius 1 is 1.53 bits per heavy atom. The van der Waals surface area contributed by atoms with Crippen LogP contribution < -0.4 is 0 Å². The van der Waals surface area contributed by atoms with Crippen LogP contribution in [0.2, 0.25) is 0 Å². The molecule has 1 aliphatic heterocycles. The molecule has 1 aromatic rings. The zero-order valence-electron chi connectivity index (χ0n) is 12.5. The molecule has 0 unspecified atom stereocenters. The highest BCUT2D eigenvalue weighted by Crippen LogP contribution is 2.20. The van der Waals surface area contributed by atoms with Gasteiger partial charge in [-0.25, -0.2) is 4.98 Å². The third kappa shape index (κ3) is 4.55. The minimum Gasteiger partial charge on any atom is -0.306 e. The first-order valence-corrected chi connectivity index (χ1v) is 8.33. The van der Waals surface area contributed by atoms with E-state index in [4.69, 9.17) is 0 Å². The molecule has 3 nitrogen and oxygen atoms in total. The number of likely N-dealkylation sites (N-methyl/N-ethyl adjacent to an activating group) is 1. The predicted molar refractivity (Wildman–Crippen MR) is 82.9 cm³/mol. The van der Waals surface area contributed by atoms with Gasteiger partial charge in [0.2, 0.25) is 0 Å². The zero-order valence-corrected chi connectivity index (χ0v) is 13.3. The van der Waals surface area contributed by atoms with Gasteiger partial charge < -0.3 is 9.80 Å². The monoisotopic (exact) mass is 281 g/mol. The fraction of sp³-hybridized carbons (Fsp3) is 0.800. The van der Waals surface area contributed by atoms with Crippen molar-refractivity contribution in [1.29, 1.82) is 0 Å². The number of thiazole rings is 1. The van der Waals surface area contributed by atoms with Crippen LogP contribution in [0.25, 0.3) is 0 Å². The largest absolute Gasteiger partial charge is 0.306 e. The van der Waals surface area contributed by atoms with Crippen molar-refractivity contribution in [2.45, 2.75) is 44.6 Å². The van der Waals surface area contributed by atoms with Crippen molar-refractivity contribution in [3.8, 4) is 0 Å². The first-order chi connectivity index (χ1) is 9.16. The molecule has 0 saturated carbocycles. The van der Waals surface area contributed by atoms with E-state index in [-0.39, 0.29) is 0 Å². The lowest BCUT2D eigenvalue weighted by molar-refractivity contribution is 0.159. The molecule has 1 saturated heterocycles. The van der Waals surface area contributed by atoms with Gasteiger partial charge in [0, 0.05) is 30.1 Å². The van der Waals surface area contributed by atoms with E-state index in [1.165, 1.54) is 43.8 Å². The summed E-state index contributed by atoms with van der Waals surface area (Å²) < 4.78 is 0. The van der Waals surface area contributed by atoms with Crippen molar-refractivity contribution in [2.24, 2.45) is 0 Å². The van der Waals surface area contributed by atoms with Gasteiger partial charge >= 0.3 is 0 Å². The number of hydrogen-bond donors (Lipinski definition) is 0. The Morgan fingerprint density at radius 3 is 3.05 bits per heavy atom. The van der Waals surface area contributed by atoms with E-state index in [1.807, 2.05) is 6.20 Å². The topological polar surface area (TPSA) is 19.4 Å². The molecule has 19 heavy (non-hydrogen) atoms. The van der Waals surface area contributed by atoms with Gasteiger partial charge in [0.1, 0.15) is 0 Å². The third-order valence-electron chi connectivity index (χ3n) is 4.22. The summed E-state index contributed by atoms with van der Waals surface area (Å²) >= 11 is 1.77. The summed E-state index contributed by atoms with van der Waals surface area (Å²) in [5.74, 6) is 0.550. The molecule has 1 fully saturated rings.